The van der Waals surface area contributed by atoms with Gasteiger partial charge in [-0.05, 0) is 0 Å². The molecule has 0 saturated carbocycles. The van der Waals surface area contributed by atoms with Crippen molar-refractivity contribution in [3.63, 3.8) is 0 Å². The van der Waals surface area contributed by atoms with E-state index in [-0.39, 0.29) is 0 Å². The topological polar surface area (TPSA) is 36.1 Å². The molecule has 0 aromatic rings. The van der Waals surface area contributed by atoms with Crippen LogP contribution in [0.1, 0.15) is 0 Å². The molecule has 0 spiro atoms. The first kappa shape index (κ1) is 11.0. The van der Waals surface area contributed by atoms with E-state index in [1.165, 1.54) is 13.3 Å². The first-order valence-electron chi connectivity index (χ1n) is 2.91. The van der Waals surface area contributed by atoms with E-state index >= 15 is 0 Å². The highest BCUT2D eigenvalue weighted by molar-refractivity contribution is 7.95. The molecule has 0 radical (unpaired) electrons. The third-order valence-electron chi connectivity index (χ3n) is 1.00. The van der Waals surface area contributed by atoms with Gasteiger partial charge in [-0.2, -0.15) is 0 Å². The van der Waals surface area contributed by atoms with Gasteiger partial charge < -0.3 is 0 Å². The monoisotopic (exact) mass is 244 g/mol. The van der Waals surface area contributed by atoms with Crippen molar-refractivity contribution in [3.05, 3.63) is 0 Å². The van der Waals surface area contributed by atoms with E-state index in [4.69, 9.17) is 0 Å². The Hall–Kier alpha value is 0.890. The van der Waals surface area contributed by atoms with E-state index in [9.17, 15) is 16.8 Å². The van der Waals surface area contributed by atoms with Crippen LogP contribution in [-0.2, 0) is 0 Å². The maximum Gasteiger partial charge on any atom is 0.606 e. The molecule has 72 valence electrons. The Labute approximate surface area is 69.5 Å². The Balaban J connectivity index is 2.81. The smallest absolute Gasteiger partial charge is 0.0290 e. The number of hydrogen-bond acceptors (Lipinski definition) is 3. The minimum atomic E-state index is -4.79. The van der Waals surface area contributed by atoms with Crippen LogP contribution in [0.25, 0.3) is 0 Å². The molecule has 10 heteroatoms. The highest BCUT2D eigenvalue weighted by Crippen LogP contribution is 2.80. The van der Waals surface area contributed by atoms with Crippen LogP contribution in [0, 0.1) is 0 Å². The van der Waals surface area contributed by atoms with Crippen LogP contribution in [0.4, 0.5) is 16.8 Å². The molecule has 1 heterocycles. The van der Waals surface area contributed by atoms with Gasteiger partial charge in [-0.1, -0.05) is 0 Å². The number of rotatable bonds is 0. The van der Waals surface area contributed by atoms with Crippen molar-refractivity contribution in [2.75, 3.05) is 13.3 Å². The predicted molar refractivity (Wildman–Crippen MR) is 46.4 cm³/mol. The van der Waals surface area contributed by atoms with E-state index in [0.717, 1.165) is 4.86 Å². The van der Waals surface area contributed by atoms with Crippen molar-refractivity contribution >= 4 is 23.9 Å². The Bertz CT molecular complexity index is 151. The highest BCUT2D eigenvalue weighted by Gasteiger charge is 2.75. The van der Waals surface area contributed by atoms with Crippen molar-refractivity contribution in [1.82, 2.24) is 14.6 Å². The molecule has 0 bridgehead atoms. The van der Waals surface area contributed by atoms with Crippen LogP contribution in [-0.4, -0.2) is 13.3 Å². The third-order valence-corrected chi connectivity index (χ3v) is 9.02. The first-order chi connectivity index (χ1) is 5.12. The summed E-state index contributed by atoms with van der Waals surface area (Å²) in [6, 6.07) is 0. The average molecular weight is 244 g/mol. The zero-order valence-corrected chi connectivity index (χ0v) is 9.04. The second-order valence-corrected chi connectivity index (χ2v) is 10.1. The lowest BCUT2D eigenvalue weighted by Gasteiger charge is -2.20. The van der Waals surface area contributed by atoms with E-state index in [2.05, 4.69) is 0 Å². The summed E-state index contributed by atoms with van der Waals surface area (Å²) in [5, 5.41) is 0. The molecule has 3 nitrogen and oxygen atoms in total. The fourth-order valence-corrected chi connectivity index (χ4v) is 8.88. The fourth-order valence-electron chi connectivity index (χ4n) is 0.853. The Kier molecular flexibility index (Phi) is 2.69. The van der Waals surface area contributed by atoms with E-state index in [0.29, 0.717) is 0 Å². The zero-order chi connectivity index (χ0) is 9.62. The molecular formula is C2H9F4N3P3+3. The Morgan fingerprint density at radius 2 is 1.08 bits per heavy atom. The molecule has 0 aromatic carbocycles. The van der Waals surface area contributed by atoms with E-state index < -0.39 is 23.9 Å². The van der Waals surface area contributed by atoms with Gasteiger partial charge >= 0.3 is 16.4 Å². The molecule has 1 saturated heterocycles. The maximum absolute atomic E-state index is 12.6. The number of nitrogens with one attached hydrogen (secondary N) is 3. The fraction of sp³-hybridized carbons (Fsp3) is 1.00. The second-order valence-electron chi connectivity index (χ2n) is 2.78. The van der Waals surface area contributed by atoms with Crippen LogP contribution < -0.4 is 14.6 Å². The largest absolute Gasteiger partial charge is 0.606 e. The third kappa shape index (κ3) is 2.99. The molecule has 1 fully saturated rings. The van der Waals surface area contributed by atoms with Gasteiger partial charge in [-0.3, -0.25) is 0 Å². The molecule has 1 rings (SSSR count). The zero-order valence-electron chi connectivity index (χ0n) is 6.35. The number of hydrogen-bond donors (Lipinski definition) is 3. The molecule has 0 aliphatic carbocycles. The van der Waals surface area contributed by atoms with Crippen LogP contribution in [0.5, 0.6) is 0 Å². The van der Waals surface area contributed by atoms with Crippen LogP contribution in [0.3, 0.4) is 0 Å². The summed E-state index contributed by atoms with van der Waals surface area (Å²) in [5.74, 6) is 0. The standard InChI is InChI=1S/C2H9F4N3P3/c1-10(2)7-11(3,4)9-12(5,6)8-10/h7-9H,1-2H3/q+3. The van der Waals surface area contributed by atoms with Gasteiger partial charge in [0, 0.05) is 26.5 Å². The summed E-state index contributed by atoms with van der Waals surface area (Å²) < 4.78 is 50.5. The summed E-state index contributed by atoms with van der Waals surface area (Å²) in [6.07, 6.45) is 0. The SMILES string of the molecule is C[P+]1(C)N[P+](F)(F)N[P+](F)(F)N1. The molecule has 0 amide bonds. The molecule has 12 heavy (non-hydrogen) atoms. The van der Waals surface area contributed by atoms with Crippen molar-refractivity contribution < 1.29 is 16.8 Å². The van der Waals surface area contributed by atoms with Gasteiger partial charge in [-0.25, -0.2) is 0 Å². The Morgan fingerprint density at radius 3 is 1.33 bits per heavy atom. The minimum Gasteiger partial charge on any atom is 0.0290 e. The molecule has 1 aliphatic heterocycles. The summed E-state index contributed by atoms with van der Waals surface area (Å²) in [4.78, 5) is 4.85. The van der Waals surface area contributed by atoms with Crippen molar-refractivity contribution in [2.45, 2.75) is 0 Å². The lowest BCUT2D eigenvalue weighted by atomic mass is 11.9. The minimum absolute atomic E-state index is 1.05. The highest BCUT2D eigenvalue weighted by atomic mass is 31.4. The lowest BCUT2D eigenvalue weighted by Crippen LogP contribution is -2.36. The number of halogens is 4. The molecule has 0 unspecified atom stereocenters. The normalized spacial score (nSPS) is 31.5. The summed E-state index contributed by atoms with van der Waals surface area (Å²) in [6.45, 7) is 2.71. The summed E-state index contributed by atoms with van der Waals surface area (Å²) >= 11 is 0. The first-order valence-corrected chi connectivity index (χ1v) is 8.74. The van der Waals surface area contributed by atoms with Crippen molar-refractivity contribution in [3.8, 4) is 0 Å². The maximum atomic E-state index is 12.6. The van der Waals surface area contributed by atoms with Crippen molar-refractivity contribution in [2.24, 2.45) is 0 Å². The van der Waals surface area contributed by atoms with Crippen LogP contribution >= 0.6 is 23.9 Å². The molecular weight excluding hydrogens is 235 g/mol. The Morgan fingerprint density at radius 1 is 0.750 bits per heavy atom. The van der Waals surface area contributed by atoms with Gasteiger partial charge in [0.2, 0.25) is 7.56 Å². The molecule has 0 aromatic heterocycles. The van der Waals surface area contributed by atoms with E-state index in [1.54, 1.807) is 0 Å². The molecule has 0 atom stereocenters. The van der Waals surface area contributed by atoms with Crippen LogP contribution in [0.15, 0.2) is 0 Å². The van der Waals surface area contributed by atoms with Gasteiger partial charge in [0.05, 0.1) is 18.2 Å². The second kappa shape index (κ2) is 2.94. The van der Waals surface area contributed by atoms with Crippen LogP contribution in [0.2, 0.25) is 0 Å². The van der Waals surface area contributed by atoms with Gasteiger partial charge in [0.25, 0.3) is 0 Å². The summed E-state index contributed by atoms with van der Waals surface area (Å²) in [5.41, 5.74) is 0. The van der Waals surface area contributed by atoms with E-state index in [1.807, 2.05) is 9.72 Å². The quantitative estimate of drug-likeness (QED) is 0.452. The molecule has 3 N–H and O–H groups in total. The summed E-state index contributed by atoms with van der Waals surface area (Å²) in [7, 11) is -12.1. The van der Waals surface area contributed by atoms with Gasteiger partial charge in [0.15, 0.2) is 0 Å². The lowest BCUT2D eigenvalue weighted by molar-refractivity contribution is 0.630. The molecule has 1 aliphatic rings. The van der Waals surface area contributed by atoms with Crippen molar-refractivity contribution in [1.29, 1.82) is 0 Å². The van der Waals surface area contributed by atoms with Gasteiger partial charge in [0.1, 0.15) is 0 Å². The predicted octanol–water partition coefficient (Wildman–Crippen LogP) is 3.11. The average Bonchev–Trinajstić information content (AvgIpc) is 1.44. The van der Waals surface area contributed by atoms with Gasteiger partial charge in [-0.15, -0.1) is 0 Å².